The van der Waals surface area contributed by atoms with E-state index in [0.717, 1.165) is 0 Å². The van der Waals surface area contributed by atoms with Crippen molar-refractivity contribution >= 4 is 35.6 Å². The molecule has 14 nitrogen and oxygen atoms in total. The molecule has 14 heteroatoms. The standard InChI is InChI=1S/C13H21N5O9/c14-3-9(21)16-5(2-10(22)23)11(24)18-7(4-19)12(25)17-6(13(26)27)1-8(15)20/h5-7,19H,1-4,14H2,(H2,15,20)(H,16,21)(H,17,25)(H,18,24)(H,22,23)(H,26,27). The topological polar surface area (TPSA) is 251 Å². The molecule has 4 amide bonds. The third kappa shape index (κ3) is 9.13. The molecule has 0 aromatic rings. The smallest absolute Gasteiger partial charge is 0.326 e. The number of hydrogen-bond donors (Lipinski definition) is 8. The Bertz CT molecular complexity index is 609. The van der Waals surface area contributed by atoms with Gasteiger partial charge in [-0.3, -0.25) is 24.0 Å². The number of primary amides is 1. The number of carboxylic acid groups (broad SMARTS) is 2. The Labute approximate surface area is 152 Å². The van der Waals surface area contributed by atoms with Gasteiger partial charge in [-0.05, 0) is 0 Å². The SMILES string of the molecule is NCC(=O)NC(CC(=O)O)C(=O)NC(CO)C(=O)NC(CC(N)=O)C(=O)O. The monoisotopic (exact) mass is 391 g/mol. The molecular formula is C13H21N5O9. The average molecular weight is 391 g/mol. The highest BCUT2D eigenvalue weighted by molar-refractivity contribution is 5.95. The summed E-state index contributed by atoms with van der Waals surface area (Å²) in [5.41, 5.74) is 9.92. The van der Waals surface area contributed by atoms with Gasteiger partial charge in [0.25, 0.3) is 0 Å². The van der Waals surface area contributed by atoms with Gasteiger partial charge in [-0.15, -0.1) is 0 Å². The Morgan fingerprint density at radius 3 is 1.74 bits per heavy atom. The first-order valence-corrected chi connectivity index (χ1v) is 7.45. The maximum atomic E-state index is 12.1. The molecule has 0 aromatic heterocycles. The zero-order valence-corrected chi connectivity index (χ0v) is 14.0. The molecular weight excluding hydrogens is 370 g/mol. The number of aliphatic carboxylic acids is 2. The summed E-state index contributed by atoms with van der Waals surface area (Å²) in [6, 6.07) is -4.98. The van der Waals surface area contributed by atoms with Crippen LogP contribution >= 0.6 is 0 Å². The normalized spacial score (nSPS) is 13.6. The summed E-state index contributed by atoms with van der Waals surface area (Å²) in [5.74, 6) is -7.17. The van der Waals surface area contributed by atoms with Crippen molar-refractivity contribution in [3.8, 4) is 0 Å². The van der Waals surface area contributed by atoms with Gasteiger partial charge >= 0.3 is 11.9 Å². The second kappa shape index (κ2) is 11.4. The highest BCUT2D eigenvalue weighted by atomic mass is 16.4. The number of carbonyl (C=O) groups excluding carboxylic acids is 4. The summed E-state index contributed by atoms with van der Waals surface area (Å²) in [4.78, 5) is 68.0. The number of nitrogens with two attached hydrogens (primary N) is 2. The van der Waals surface area contributed by atoms with Crippen LogP contribution in [0.3, 0.4) is 0 Å². The van der Waals surface area contributed by atoms with Crippen molar-refractivity contribution in [2.24, 2.45) is 11.5 Å². The first-order chi connectivity index (χ1) is 12.5. The molecule has 0 saturated carbocycles. The molecule has 3 atom stereocenters. The molecule has 0 aromatic carbocycles. The molecule has 10 N–H and O–H groups in total. The fraction of sp³-hybridized carbons (Fsp3) is 0.538. The lowest BCUT2D eigenvalue weighted by Crippen LogP contribution is -2.58. The van der Waals surface area contributed by atoms with Gasteiger partial charge in [0.15, 0.2) is 0 Å². The summed E-state index contributed by atoms with van der Waals surface area (Å²) >= 11 is 0. The second-order valence-corrected chi connectivity index (χ2v) is 5.24. The zero-order valence-electron chi connectivity index (χ0n) is 14.0. The molecule has 0 aliphatic carbocycles. The van der Waals surface area contributed by atoms with Crippen LogP contribution in [0.25, 0.3) is 0 Å². The van der Waals surface area contributed by atoms with Gasteiger partial charge in [0.2, 0.25) is 23.6 Å². The number of rotatable bonds is 12. The van der Waals surface area contributed by atoms with E-state index in [4.69, 9.17) is 21.7 Å². The number of amides is 4. The van der Waals surface area contributed by atoms with Gasteiger partial charge in [-0.2, -0.15) is 0 Å². The van der Waals surface area contributed by atoms with Crippen molar-refractivity contribution in [1.82, 2.24) is 16.0 Å². The Balaban J connectivity index is 5.12. The van der Waals surface area contributed by atoms with Crippen molar-refractivity contribution in [1.29, 1.82) is 0 Å². The predicted octanol–water partition coefficient (Wildman–Crippen LogP) is -5.17. The van der Waals surface area contributed by atoms with Crippen LogP contribution in [0.5, 0.6) is 0 Å². The summed E-state index contributed by atoms with van der Waals surface area (Å²) in [5, 5.41) is 32.8. The largest absolute Gasteiger partial charge is 0.481 e. The molecule has 0 spiro atoms. The quantitative estimate of drug-likeness (QED) is 0.157. The van der Waals surface area contributed by atoms with Crippen LogP contribution in [0.1, 0.15) is 12.8 Å². The molecule has 0 aliphatic heterocycles. The summed E-state index contributed by atoms with van der Waals surface area (Å²) < 4.78 is 0. The van der Waals surface area contributed by atoms with Crippen LogP contribution in [0, 0.1) is 0 Å². The molecule has 0 bridgehead atoms. The lowest BCUT2D eigenvalue weighted by molar-refractivity contribution is -0.144. The first kappa shape index (κ1) is 23.7. The van der Waals surface area contributed by atoms with Crippen LogP contribution in [-0.4, -0.2) is 82.2 Å². The van der Waals surface area contributed by atoms with E-state index in [0.29, 0.717) is 0 Å². The van der Waals surface area contributed by atoms with E-state index >= 15 is 0 Å². The van der Waals surface area contributed by atoms with Gasteiger partial charge in [-0.1, -0.05) is 0 Å². The molecule has 0 heterocycles. The van der Waals surface area contributed by atoms with Crippen LogP contribution < -0.4 is 27.4 Å². The van der Waals surface area contributed by atoms with Crippen LogP contribution in [0.2, 0.25) is 0 Å². The van der Waals surface area contributed by atoms with E-state index in [1.54, 1.807) is 0 Å². The minimum absolute atomic E-state index is 0.527. The van der Waals surface area contributed by atoms with Gasteiger partial charge < -0.3 is 42.7 Å². The maximum Gasteiger partial charge on any atom is 0.326 e. The Morgan fingerprint density at radius 2 is 1.33 bits per heavy atom. The van der Waals surface area contributed by atoms with Crippen LogP contribution in [-0.2, 0) is 28.8 Å². The Morgan fingerprint density at radius 1 is 0.815 bits per heavy atom. The van der Waals surface area contributed by atoms with E-state index in [1.807, 2.05) is 16.0 Å². The third-order valence-electron chi connectivity index (χ3n) is 3.05. The molecule has 0 rings (SSSR count). The third-order valence-corrected chi connectivity index (χ3v) is 3.05. The lowest BCUT2D eigenvalue weighted by atomic mass is 10.1. The van der Waals surface area contributed by atoms with E-state index < -0.39 is 79.7 Å². The molecule has 152 valence electrons. The van der Waals surface area contributed by atoms with E-state index in [9.17, 15) is 33.9 Å². The number of carboxylic acids is 2. The minimum Gasteiger partial charge on any atom is -0.481 e. The molecule has 0 aliphatic rings. The summed E-state index contributed by atoms with van der Waals surface area (Å²) in [6.07, 6.45) is -1.57. The van der Waals surface area contributed by atoms with Crippen molar-refractivity contribution in [2.75, 3.05) is 13.2 Å². The van der Waals surface area contributed by atoms with Gasteiger partial charge in [0.1, 0.15) is 18.1 Å². The number of aliphatic hydroxyl groups excluding tert-OH is 1. The van der Waals surface area contributed by atoms with E-state index in [-0.39, 0.29) is 0 Å². The highest BCUT2D eigenvalue weighted by Crippen LogP contribution is 1.98. The number of aliphatic hydroxyl groups is 1. The maximum absolute atomic E-state index is 12.1. The van der Waals surface area contributed by atoms with Gasteiger partial charge in [0, 0.05) is 0 Å². The lowest BCUT2D eigenvalue weighted by Gasteiger charge is -2.22. The molecule has 0 saturated heterocycles. The minimum atomic E-state index is -1.70. The first-order valence-electron chi connectivity index (χ1n) is 7.45. The van der Waals surface area contributed by atoms with Gasteiger partial charge in [-0.25, -0.2) is 4.79 Å². The van der Waals surface area contributed by atoms with Crippen molar-refractivity contribution in [3.05, 3.63) is 0 Å². The van der Waals surface area contributed by atoms with Crippen molar-refractivity contribution in [3.63, 3.8) is 0 Å². The molecule has 0 radical (unpaired) electrons. The molecule has 0 fully saturated rings. The Kier molecular flexibility index (Phi) is 10.0. The van der Waals surface area contributed by atoms with E-state index in [1.165, 1.54) is 0 Å². The molecule has 3 unspecified atom stereocenters. The summed E-state index contributed by atoms with van der Waals surface area (Å²) in [7, 11) is 0. The average Bonchev–Trinajstić information content (AvgIpc) is 2.56. The van der Waals surface area contributed by atoms with Crippen molar-refractivity contribution in [2.45, 2.75) is 31.0 Å². The fourth-order valence-electron chi connectivity index (χ4n) is 1.78. The number of nitrogens with one attached hydrogen (secondary N) is 3. The number of hydrogen-bond acceptors (Lipinski definition) is 8. The van der Waals surface area contributed by atoms with Gasteiger partial charge in [0.05, 0.1) is 26.0 Å². The highest BCUT2D eigenvalue weighted by Gasteiger charge is 2.30. The fourth-order valence-corrected chi connectivity index (χ4v) is 1.78. The molecule has 27 heavy (non-hydrogen) atoms. The van der Waals surface area contributed by atoms with Crippen LogP contribution in [0.15, 0.2) is 0 Å². The Hall–Kier alpha value is -3.26. The van der Waals surface area contributed by atoms with E-state index in [2.05, 4.69) is 0 Å². The second-order valence-electron chi connectivity index (χ2n) is 5.24. The zero-order chi connectivity index (χ0) is 21.1. The van der Waals surface area contributed by atoms with Crippen LogP contribution in [0.4, 0.5) is 0 Å². The number of carbonyl (C=O) groups is 6. The summed E-state index contributed by atoms with van der Waals surface area (Å²) in [6.45, 7) is -1.51. The predicted molar refractivity (Wildman–Crippen MR) is 85.6 cm³/mol. The van der Waals surface area contributed by atoms with Crippen molar-refractivity contribution < 1.29 is 44.1 Å².